The summed E-state index contributed by atoms with van der Waals surface area (Å²) in [6.45, 7) is 1.65. The minimum absolute atomic E-state index is 0.178. The molecule has 1 amide bonds. The fourth-order valence-electron chi connectivity index (χ4n) is 1.89. The highest BCUT2D eigenvalue weighted by Gasteiger charge is 2.12. The number of carbonyl (C=O) groups excluding carboxylic acids is 1. The Balaban J connectivity index is 1.97. The molecule has 7 heteroatoms. The largest absolute Gasteiger partial charge is 0.493 e. The van der Waals surface area contributed by atoms with E-state index in [4.69, 9.17) is 9.47 Å². The van der Waals surface area contributed by atoms with Gasteiger partial charge in [0.2, 0.25) is 0 Å². The Morgan fingerprint density at radius 2 is 1.92 bits per heavy atom. The lowest BCUT2D eigenvalue weighted by Gasteiger charge is -2.12. The molecule has 1 N–H and O–H groups in total. The van der Waals surface area contributed by atoms with Gasteiger partial charge in [-0.05, 0) is 40.5 Å². The first kappa shape index (κ1) is 18.5. The first-order valence-corrected chi connectivity index (χ1v) is 8.64. The van der Waals surface area contributed by atoms with E-state index in [2.05, 4.69) is 42.4 Å². The third-order valence-electron chi connectivity index (χ3n) is 3.08. The molecule has 2 rings (SSSR count). The van der Waals surface area contributed by atoms with E-state index in [9.17, 15) is 4.79 Å². The van der Waals surface area contributed by atoms with Crippen LogP contribution in [0.3, 0.4) is 0 Å². The van der Waals surface area contributed by atoms with Crippen LogP contribution in [0.4, 0.5) is 0 Å². The molecule has 0 fully saturated rings. The Morgan fingerprint density at radius 1 is 1.21 bits per heavy atom. The number of ether oxygens (including phenoxy) is 2. The van der Waals surface area contributed by atoms with E-state index in [0.29, 0.717) is 21.7 Å². The Bertz CT molecular complexity index is 749. The maximum atomic E-state index is 11.9. The molecule has 5 nitrogen and oxygen atoms in total. The normalized spacial score (nSPS) is 11.1. The van der Waals surface area contributed by atoms with Crippen molar-refractivity contribution in [2.24, 2.45) is 5.10 Å². The number of hydrogen-bond acceptors (Lipinski definition) is 4. The molecular weight excluding hydrogens is 440 g/mol. The molecule has 126 valence electrons. The summed E-state index contributed by atoms with van der Waals surface area (Å²) in [4.78, 5) is 11.9. The number of methoxy groups -OCH3 is 1. The first-order chi connectivity index (χ1) is 11.5. The summed E-state index contributed by atoms with van der Waals surface area (Å²) < 4.78 is 12.3. The van der Waals surface area contributed by atoms with E-state index in [0.717, 1.165) is 10.0 Å². The number of carbonyl (C=O) groups is 1. The van der Waals surface area contributed by atoms with E-state index in [-0.39, 0.29) is 12.5 Å². The molecule has 0 spiro atoms. The molecule has 2 aromatic rings. The van der Waals surface area contributed by atoms with E-state index >= 15 is 0 Å². The Kier molecular flexibility index (Phi) is 6.81. The van der Waals surface area contributed by atoms with Crippen LogP contribution in [0.1, 0.15) is 12.5 Å². The van der Waals surface area contributed by atoms with Gasteiger partial charge in [0.25, 0.3) is 5.91 Å². The van der Waals surface area contributed by atoms with Crippen molar-refractivity contribution in [2.45, 2.75) is 6.92 Å². The smallest absolute Gasteiger partial charge is 0.277 e. The van der Waals surface area contributed by atoms with Crippen LogP contribution in [0.25, 0.3) is 0 Å². The van der Waals surface area contributed by atoms with E-state index in [1.54, 1.807) is 6.07 Å². The summed E-state index contributed by atoms with van der Waals surface area (Å²) in [6.07, 6.45) is 0. The van der Waals surface area contributed by atoms with Crippen molar-refractivity contribution in [1.82, 2.24) is 5.43 Å². The number of benzene rings is 2. The van der Waals surface area contributed by atoms with Crippen molar-refractivity contribution >= 4 is 43.5 Å². The highest BCUT2D eigenvalue weighted by Crippen LogP contribution is 2.38. The van der Waals surface area contributed by atoms with Gasteiger partial charge in [-0.3, -0.25) is 4.79 Å². The molecule has 0 aromatic heterocycles. The van der Waals surface area contributed by atoms with E-state index < -0.39 is 0 Å². The topological polar surface area (TPSA) is 59.9 Å². The maximum absolute atomic E-state index is 11.9. The molecule has 0 aliphatic rings. The summed E-state index contributed by atoms with van der Waals surface area (Å²) in [7, 11) is 1.54. The van der Waals surface area contributed by atoms with Gasteiger partial charge in [0.05, 0.1) is 17.3 Å². The molecular formula is C17H16Br2N2O3. The van der Waals surface area contributed by atoms with Crippen LogP contribution < -0.4 is 14.9 Å². The lowest BCUT2D eigenvalue weighted by atomic mass is 10.1. The lowest BCUT2D eigenvalue weighted by molar-refractivity contribution is -0.123. The van der Waals surface area contributed by atoms with Gasteiger partial charge in [-0.25, -0.2) is 5.43 Å². The summed E-state index contributed by atoms with van der Waals surface area (Å²) in [5.74, 6) is 0.620. The van der Waals surface area contributed by atoms with Crippen LogP contribution in [0.5, 0.6) is 11.5 Å². The molecule has 0 saturated heterocycles. The average Bonchev–Trinajstić information content (AvgIpc) is 2.58. The summed E-state index contributed by atoms with van der Waals surface area (Å²) >= 11 is 6.76. The zero-order valence-corrected chi connectivity index (χ0v) is 16.3. The zero-order chi connectivity index (χ0) is 17.5. The number of amides is 1. The first-order valence-electron chi connectivity index (χ1n) is 7.05. The predicted molar refractivity (Wildman–Crippen MR) is 101 cm³/mol. The minimum atomic E-state index is -0.359. The van der Waals surface area contributed by atoms with E-state index in [1.165, 1.54) is 7.11 Å². The van der Waals surface area contributed by atoms with Crippen molar-refractivity contribution in [3.8, 4) is 11.5 Å². The van der Waals surface area contributed by atoms with Crippen molar-refractivity contribution in [3.05, 3.63) is 57.0 Å². The van der Waals surface area contributed by atoms with Crippen molar-refractivity contribution < 1.29 is 14.3 Å². The number of hydrazone groups is 1. The van der Waals surface area contributed by atoms with Crippen molar-refractivity contribution in [3.63, 3.8) is 0 Å². The third-order valence-corrected chi connectivity index (χ3v) is 4.13. The third kappa shape index (κ3) is 5.07. The Labute approximate surface area is 157 Å². The van der Waals surface area contributed by atoms with E-state index in [1.807, 2.05) is 43.3 Å². The van der Waals surface area contributed by atoms with Crippen LogP contribution in [-0.2, 0) is 4.79 Å². The standard InChI is InChI=1S/C17H16Br2N2O3/c1-11(12-6-4-3-5-7-12)20-21-16(22)10-24-17-14(19)8-13(18)9-15(17)23-2/h3-9H,10H2,1-2H3,(H,21,22). The molecule has 0 bridgehead atoms. The monoisotopic (exact) mass is 454 g/mol. The lowest BCUT2D eigenvalue weighted by Crippen LogP contribution is -2.25. The number of halogens is 2. The predicted octanol–water partition coefficient (Wildman–Crippen LogP) is 4.14. The molecule has 24 heavy (non-hydrogen) atoms. The van der Waals surface area contributed by atoms with Gasteiger partial charge in [0.1, 0.15) is 0 Å². The van der Waals surface area contributed by atoms with Crippen LogP contribution in [-0.4, -0.2) is 25.3 Å². The van der Waals surface area contributed by atoms with Crippen molar-refractivity contribution in [1.29, 1.82) is 0 Å². The fraction of sp³-hybridized carbons (Fsp3) is 0.176. The number of hydrogen-bond donors (Lipinski definition) is 1. The van der Waals surface area contributed by atoms with Crippen LogP contribution in [0.15, 0.2) is 56.5 Å². The van der Waals surface area contributed by atoms with Gasteiger partial charge in [0.15, 0.2) is 18.1 Å². The summed E-state index contributed by atoms with van der Waals surface area (Å²) in [5, 5.41) is 4.07. The molecule has 0 aliphatic carbocycles. The van der Waals surface area contributed by atoms with Gasteiger partial charge in [-0.1, -0.05) is 46.3 Å². The maximum Gasteiger partial charge on any atom is 0.277 e. The highest BCUT2D eigenvalue weighted by atomic mass is 79.9. The second kappa shape index (κ2) is 8.84. The number of nitrogens with zero attached hydrogens (tertiary/aromatic N) is 1. The van der Waals surface area contributed by atoms with Crippen LogP contribution in [0, 0.1) is 0 Å². The molecule has 0 aliphatic heterocycles. The fourth-order valence-corrected chi connectivity index (χ4v) is 3.19. The molecule has 0 unspecified atom stereocenters. The van der Waals surface area contributed by atoms with Gasteiger partial charge >= 0.3 is 0 Å². The molecule has 0 saturated carbocycles. The molecule has 0 radical (unpaired) electrons. The van der Waals surface area contributed by atoms with Gasteiger partial charge in [0, 0.05) is 4.47 Å². The molecule has 0 heterocycles. The van der Waals surface area contributed by atoms with Gasteiger partial charge in [-0.2, -0.15) is 5.10 Å². The highest BCUT2D eigenvalue weighted by molar-refractivity contribution is 9.11. The van der Waals surface area contributed by atoms with Crippen LogP contribution >= 0.6 is 31.9 Å². The SMILES string of the molecule is COc1cc(Br)cc(Br)c1OCC(=O)NN=C(C)c1ccccc1. The van der Waals surface area contributed by atoms with Gasteiger partial charge in [-0.15, -0.1) is 0 Å². The zero-order valence-electron chi connectivity index (χ0n) is 13.2. The molecule has 0 atom stereocenters. The van der Waals surface area contributed by atoms with Crippen molar-refractivity contribution in [2.75, 3.05) is 13.7 Å². The van der Waals surface area contributed by atoms with Crippen LogP contribution in [0.2, 0.25) is 0 Å². The Hall–Kier alpha value is -1.86. The van der Waals surface area contributed by atoms with Gasteiger partial charge < -0.3 is 9.47 Å². The summed E-state index contributed by atoms with van der Waals surface area (Å²) in [6, 6.07) is 13.2. The second-order valence-corrected chi connectivity index (χ2v) is 6.58. The number of rotatable bonds is 6. The quantitative estimate of drug-likeness (QED) is 0.526. The minimum Gasteiger partial charge on any atom is -0.493 e. The average molecular weight is 456 g/mol. The second-order valence-electron chi connectivity index (χ2n) is 4.81. The Morgan fingerprint density at radius 3 is 2.58 bits per heavy atom. The summed E-state index contributed by atoms with van der Waals surface area (Å²) in [5.41, 5.74) is 4.13. The number of nitrogens with one attached hydrogen (secondary N) is 1. The molecule has 2 aromatic carbocycles.